The van der Waals surface area contributed by atoms with Crippen molar-refractivity contribution in [3.63, 3.8) is 0 Å². The summed E-state index contributed by atoms with van der Waals surface area (Å²) in [5, 5.41) is 3.96. The molecule has 10 heteroatoms. The lowest BCUT2D eigenvalue weighted by atomic mass is 10.2. The lowest BCUT2D eigenvalue weighted by molar-refractivity contribution is 0.0982. The van der Waals surface area contributed by atoms with E-state index in [2.05, 4.69) is 31.2 Å². The highest BCUT2D eigenvalue weighted by atomic mass is 79.9. The van der Waals surface area contributed by atoms with Gasteiger partial charge in [-0.25, -0.2) is 4.98 Å². The molecule has 1 aliphatic heterocycles. The maximum absolute atomic E-state index is 13.1. The van der Waals surface area contributed by atoms with Crippen LogP contribution >= 0.6 is 39.1 Å². The molecule has 0 radical (unpaired) electrons. The molecule has 2 aromatic carbocycles. The van der Waals surface area contributed by atoms with Gasteiger partial charge in [0, 0.05) is 29.9 Å². The van der Waals surface area contributed by atoms with E-state index in [-0.39, 0.29) is 12.6 Å². The summed E-state index contributed by atoms with van der Waals surface area (Å²) in [6, 6.07) is 10.8. The Morgan fingerprint density at radius 3 is 2.67 bits per heavy atom. The van der Waals surface area contributed by atoms with Gasteiger partial charge in [0.25, 0.3) is 5.91 Å². The molecular weight excluding hydrogens is 491 g/mol. The molecule has 30 heavy (non-hydrogen) atoms. The number of hydrogen-bond acceptors (Lipinski definition) is 6. The van der Waals surface area contributed by atoms with Crippen molar-refractivity contribution in [1.29, 1.82) is 0 Å². The standard InChI is InChI=1S/C20H17BrCl2N6O/c1-28-10-29(17-15(22)3-2-4-16(17)23)19(30)13-9-25-20(27-18(13)28)26-12-5-6-14(21)11(7-12)8-24/h2-7,9H,8,10,24H2,1H3,(H,25,26,27). The zero-order valence-corrected chi connectivity index (χ0v) is 19.0. The van der Waals surface area contributed by atoms with Gasteiger partial charge >= 0.3 is 0 Å². The van der Waals surface area contributed by atoms with Crippen LogP contribution in [-0.2, 0) is 6.54 Å². The predicted octanol–water partition coefficient (Wildman–Crippen LogP) is 4.80. The number of carbonyl (C=O) groups is 1. The van der Waals surface area contributed by atoms with Gasteiger partial charge in [-0.05, 0) is 35.9 Å². The summed E-state index contributed by atoms with van der Waals surface area (Å²) in [6.07, 6.45) is 1.50. The number of nitrogens with one attached hydrogen (secondary N) is 1. The number of nitrogens with zero attached hydrogens (tertiary/aromatic N) is 4. The molecule has 1 aliphatic rings. The van der Waals surface area contributed by atoms with Crippen molar-refractivity contribution in [2.45, 2.75) is 6.54 Å². The maximum atomic E-state index is 13.1. The number of hydrogen-bond donors (Lipinski definition) is 2. The summed E-state index contributed by atoms with van der Waals surface area (Å²) in [5.41, 5.74) is 8.35. The Kier molecular flexibility index (Phi) is 5.84. The number of carbonyl (C=O) groups excluding carboxylic acids is 1. The fourth-order valence-corrected chi connectivity index (χ4v) is 4.23. The Balaban J connectivity index is 1.66. The first-order chi connectivity index (χ1) is 14.4. The van der Waals surface area contributed by atoms with Crippen molar-refractivity contribution < 1.29 is 4.79 Å². The van der Waals surface area contributed by atoms with E-state index in [1.807, 2.05) is 30.1 Å². The van der Waals surface area contributed by atoms with Crippen LogP contribution in [-0.4, -0.2) is 29.6 Å². The van der Waals surface area contributed by atoms with Crippen LogP contribution in [0.2, 0.25) is 10.0 Å². The second kappa shape index (κ2) is 8.39. The van der Waals surface area contributed by atoms with Crippen LogP contribution in [0.4, 0.5) is 23.1 Å². The number of para-hydroxylation sites is 1. The van der Waals surface area contributed by atoms with E-state index in [1.165, 1.54) is 11.1 Å². The lowest BCUT2D eigenvalue weighted by Gasteiger charge is -2.35. The average Bonchev–Trinajstić information content (AvgIpc) is 2.73. The summed E-state index contributed by atoms with van der Waals surface area (Å²) in [6.45, 7) is 0.653. The summed E-state index contributed by atoms with van der Waals surface area (Å²) in [7, 11) is 1.84. The fourth-order valence-electron chi connectivity index (χ4n) is 3.22. The Morgan fingerprint density at radius 1 is 1.23 bits per heavy atom. The van der Waals surface area contributed by atoms with Crippen molar-refractivity contribution in [1.82, 2.24) is 9.97 Å². The monoisotopic (exact) mass is 506 g/mol. The van der Waals surface area contributed by atoms with Gasteiger partial charge in [0.2, 0.25) is 5.95 Å². The van der Waals surface area contributed by atoms with Gasteiger partial charge in [-0.3, -0.25) is 9.69 Å². The highest BCUT2D eigenvalue weighted by Crippen LogP contribution is 2.37. The largest absolute Gasteiger partial charge is 0.341 e. The summed E-state index contributed by atoms with van der Waals surface area (Å²) >= 11 is 16.1. The number of nitrogens with two attached hydrogens (primary N) is 1. The maximum Gasteiger partial charge on any atom is 0.265 e. The lowest BCUT2D eigenvalue weighted by Crippen LogP contribution is -2.46. The third-order valence-corrected chi connectivity index (χ3v) is 6.07. The van der Waals surface area contributed by atoms with Gasteiger partial charge in [-0.15, -0.1) is 0 Å². The molecule has 0 unspecified atom stereocenters. The van der Waals surface area contributed by atoms with Crippen LogP contribution in [0.5, 0.6) is 0 Å². The number of halogens is 3. The van der Waals surface area contributed by atoms with E-state index in [0.29, 0.717) is 39.6 Å². The Bertz CT molecular complexity index is 1120. The highest BCUT2D eigenvalue weighted by Gasteiger charge is 2.32. The van der Waals surface area contributed by atoms with Crippen LogP contribution in [0, 0.1) is 0 Å². The molecule has 2 heterocycles. The fraction of sp³-hybridized carbons (Fsp3) is 0.150. The first-order valence-corrected chi connectivity index (χ1v) is 10.5. The molecule has 0 aliphatic carbocycles. The zero-order chi connectivity index (χ0) is 21.4. The normalized spacial score (nSPS) is 13.4. The Hall–Kier alpha value is -2.39. The molecule has 3 aromatic rings. The summed E-state index contributed by atoms with van der Waals surface area (Å²) in [4.78, 5) is 25.3. The number of aromatic nitrogens is 2. The van der Waals surface area contributed by atoms with Crippen LogP contribution in [0.3, 0.4) is 0 Å². The van der Waals surface area contributed by atoms with Crippen LogP contribution < -0.4 is 20.9 Å². The van der Waals surface area contributed by atoms with Crippen molar-refractivity contribution in [3.05, 3.63) is 68.2 Å². The third-order valence-electron chi connectivity index (χ3n) is 4.69. The van der Waals surface area contributed by atoms with Crippen LogP contribution in [0.15, 0.2) is 47.1 Å². The number of fused-ring (bicyclic) bond motifs is 1. The molecule has 0 saturated heterocycles. The van der Waals surface area contributed by atoms with Crippen molar-refractivity contribution >= 4 is 68.2 Å². The smallest absolute Gasteiger partial charge is 0.265 e. The Morgan fingerprint density at radius 2 is 1.97 bits per heavy atom. The number of rotatable bonds is 4. The predicted molar refractivity (Wildman–Crippen MR) is 124 cm³/mol. The topological polar surface area (TPSA) is 87.4 Å². The SMILES string of the molecule is CN1CN(c2c(Cl)cccc2Cl)C(=O)c2cnc(Nc3ccc(Br)c(CN)c3)nc21. The van der Waals surface area contributed by atoms with E-state index in [0.717, 1.165) is 15.7 Å². The number of amides is 1. The zero-order valence-electron chi connectivity index (χ0n) is 15.9. The van der Waals surface area contributed by atoms with Gasteiger partial charge < -0.3 is 16.0 Å². The summed E-state index contributed by atoms with van der Waals surface area (Å²) < 4.78 is 0.936. The third kappa shape index (κ3) is 3.83. The van der Waals surface area contributed by atoms with E-state index >= 15 is 0 Å². The molecule has 1 aromatic heterocycles. The van der Waals surface area contributed by atoms with Crippen molar-refractivity contribution in [2.75, 3.05) is 28.8 Å². The average molecular weight is 508 g/mol. The number of benzene rings is 2. The molecule has 154 valence electrons. The Labute approximate surface area is 191 Å². The second-order valence-corrected chi connectivity index (χ2v) is 8.38. The van der Waals surface area contributed by atoms with Gasteiger partial charge in [0.05, 0.1) is 22.4 Å². The van der Waals surface area contributed by atoms with E-state index in [9.17, 15) is 4.79 Å². The van der Waals surface area contributed by atoms with Gasteiger partial charge in [0.1, 0.15) is 11.4 Å². The van der Waals surface area contributed by atoms with Gasteiger partial charge in [-0.1, -0.05) is 45.2 Å². The van der Waals surface area contributed by atoms with Crippen molar-refractivity contribution in [2.24, 2.45) is 5.73 Å². The molecule has 0 atom stereocenters. The minimum atomic E-state index is -0.265. The first-order valence-electron chi connectivity index (χ1n) is 8.98. The molecule has 7 nitrogen and oxygen atoms in total. The quantitative estimate of drug-likeness (QED) is 0.527. The van der Waals surface area contributed by atoms with E-state index in [4.69, 9.17) is 28.9 Å². The minimum absolute atomic E-state index is 0.251. The first kappa shape index (κ1) is 20.9. The van der Waals surface area contributed by atoms with Crippen LogP contribution in [0.1, 0.15) is 15.9 Å². The molecule has 4 rings (SSSR count). The van der Waals surface area contributed by atoms with Crippen LogP contribution in [0.25, 0.3) is 0 Å². The second-order valence-electron chi connectivity index (χ2n) is 6.71. The van der Waals surface area contributed by atoms with Crippen molar-refractivity contribution in [3.8, 4) is 0 Å². The molecule has 1 amide bonds. The van der Waals surface area contributed by atoms with E-state index in [1.54, 1.807) is 18.2 Å². The molecule has 0 saturated carbocycles. The molecule has 0 bridgehead atoms. The molecule has 0 fully saturated rings. The molecular formula is C20H17BrCl2N6O. The molecule has 3 N–H and O–H groups in total. The molecule has 0 spiro atoms. The summed E-state index contributed by atoms with van der Waals surface area (Å²) in [5.74, 6) is 0.634. The van der Waals surface area contributed by atoms with Gasteiger partial charge in [0.15, 0.2) is 0 Å². The minimum Gasteiger partial charge on any atom is -0.341 e. The number of anilines is 4. The van der Waals surface area contributed by atoms with E-state index < -0.39 is 0 Å². The van der Waals surface area contributed by atoms with Gasteiger partial charge in [-0.2, -0.15) is 4.98 Å². The highest BCUT2D eigenvalue weighted by molar-refractivity contribution is 9.10.